The molecular formula is C23H27FN8O2. The molecule has 178 valence electrons. The molecule has 34 heavy (non-hydrogen) atoms. The van der Waals surface area contributed by atoms with Crippen LogP contribution in [0, 0.1) is 6.92 Å². The number of aryl methyl sites for hydroxylation is 1. The van der Waals surface area contributed by atoms with E-state index in [1.54, 1.807) is 22.7 Å². The van der Waals surface area contributed by atoms with E-state index >= 15 is 0 Å². The van der Waals surface area contributed by atoms with Crippen LogP contribution in [0.5, 0.6) is 0 Å². The first-order valence-electron chi connectivity index (χ1n) is 11.4. The van der Waals surface area contributed by atoms with E-state index in [4.69, 9.17) is 10.3 Å². The van der Waals surface area contributed by atoms with Gasteiger partial charge in [-0.05, 0) is 44.7 Å². The monoisotopic (exact) mass is 466 g/mol. The molecule has 0 aromatic carbocycles. The summed E-state index contributed by atoms with van der Waals surface area (Å²) in [5.41, 5.74) is 7.92. The molecule has 1 aliphatic heterocycles. The van der Waals surface area contributed by atoms with Gasteiger partial charge in [-0.15, -0.1) is 5.10 Å². The lowest BCUT2D eigenvalue weighted by molar-refractivity contribution is 0.0956. The lowest BCUT2D eigenvalue weighted by Crippen LogP contribution is -2.33. The zero-order valence-electron chi connectivity index (χ0n) is 18.8. The van der Waals surface area contributed by atoms with Gasteiger partial charge in [0.15, 0.2) is 11.6 Å². The number of rotatable bonds is 6. The highest BCUT2D eigenvalue weighted by Crippen LogP contribution is 2.28. The van der Waals surface area contributed by atoms with E-state index in [2.05, 4.69) is 31.2 Å². The number of hydrogen-bond acceptors (Lipinski definition) is 8. The second kappa shape index (κ2) is 9.26. The largest absolute Gasteiger partial charge is 0.366 e. The molecule has 11 heteroatoms. The SMILES string of the molecule is Cc1cc(Nc2cc(NC3CCC(N)CC3)nn3c(C(=O)NC4=C(F)C=NCC4)ccc23)no1. The summed E-state index contributed by atoms with van der Waals surface area (Å²) in [5, 5.41) is 18.1. The van der Waals surface area contributed by atoms with E-state index in [0.717, 1.165) is 31.9 Å². The summed E-state index contributed by atoms with van der Waals surface area (Å²) in [6.07, 6.45) is 5.25. The van der Waals surface area contributed by atoms with Gasteiger partial charge in [-0.2, -0.15) is 0 Å². The number of dihydropyridines is 1. The molecule has 0 saturated heterocycles. The van der Waals surface area contributed by atoms with Crippen LogP contribution in [0.2, 0.25) is 0 Å². The molecule has 0 radical (unpaired) electrons. The van der Waals surface area contributed by atoms with Crippen molar-refractivity contribution in [3.8, 4) is 0 Å². The van der Waals surface area contributed by atoms with Crippen LogP contribution in [0.15, 0.2) is 45.3 Å². The zero-order chi connectivity index (χ0) is 23.7. The maximum absolute atomic E-state index is 14.1. The Hall–Kier alpha value is -3.73. The quantitative estimate of drug-likeness (QED) is 0.437. The van der Waals surface area contributed by atoms with Crippen molar-refractivity contribution in [2.45, 2.75) is 51.1 Å². The number of nitrogens with two attached hydrogens (primary N) is 1. The number of amides is 1. The Kier molecular flexibility index (Phi) is 6.01. The Balaban J connectivity index is 1.49. The molecule has 0 unspecified atom stereocenters. The maximum Gasteiger partial charge on any atom is 0.274 e. The van der Waals surface area contributed by atoms with E-state index in [1.165, 1.54) is 0 Å². The van der Waals surface area contributed by atoms with Crippen molar-refractivity contribution < 1.29 is 13.7 Å². The minimum absolute atomic E-state index is 0.221. The summed E-state index contributed by atoms with van der Waals surface area (Å²) in [6.45, 7) is 2.24. The number of carbonyl (C=O) groups is 1. The second-order valence-electron chi connectivity index (χ2n) is 8.73. The minimum atomic E-state index is -0.532. The van der Waals surface area contributed by atoms with Crippen LogP contribution in [0.25, 0.3) is 5.52 Å². The fourth-order valence-corrected chi connectivity index (χ4v) is 4.31. The first-order chi connectivity index (χ1) is 16.5. The number of fused-ring (bicyclic) bond motifs is 1. The molecule has 2 aliphatic rings. The van der Waals surface area contributed by atoms with Gasteiger partial charge in [0.1, 0.15) is 17.3 Å². The van der Waals surface area contributed by atoms with Crippen LogP contribution in [0.1, 0.15) is 48.4 Å². The number of nitrogens with one attached hydrogen (secondary N) is 3. The average molecular weight is 467 g/mol. The molecule has 1 saturated carbocycles. The number of halogens is 1. The van der Waals surface area contributed by atoms with Gasteiger partial charge in [0, 0.05) is 37.2 Å². The number of aromatic nitrogens is 3. The molecule has 4 heterocycles. The Morgan fingerprint density at radius 3 is 2.76 bits per heavy atom. The smallest absolute Gasteiger partial charge is 0.274 e. The number of hydrogen-bond donors (Lipinski definition) is 4. The topological polar surface area (TPSA) is 135 Å². The van der Waals surface area contributed by atoms with Crippen LogP contribution >= 0.6 is 0 Å². The predicted molar refractivity (Wildman–Crippen MR) is 127 cm³/mol. The van der Waals surface area contributed by atoms with Crippen LogP contribution in [0.4, 0.5) is 21.7 Å². The third kappa shape index (κ3) is 4.65. The number of anilines is 3. The first-order valence-corrected chi connectivity index (χ1v) is 11.4. The second-order valence-corrected chi connectivity index (χ2v) is 8.73. The first kappa shape index (κ1) is 22.1. The van der Waals surface area contributed by atoms with Gasteiger partial charge in [0.2, 0.25) is 0 Å². The summed E-state index contributed by atoms with van der Waals surface area (Å²) in [5.74, 6) is 0.843. The van der Waals surface area contributed by atoms with E-state index in [0.29, 0.717) is 41.6 Å². The van der Waals surface area contributed by atoms with Gasteiger partial charge in [-0.25, -0.2) is 8.91 Å². The van der Waals surface area contributed by atoms with Gasteiger partial charge in [-0.3, -0.25) is 9.79 Å². The molecule has 10 nitrogen and oxygen atoms in total. The van der Waals surface area contributed by atoms with E-state index in [9.17, 15) is 9.18 Å². The number of carbonyl (C=O) groups excluding carboxylic acids is 1. The molecule has 1 fully saturated rings. The van der Waals surface area contributed by atoms with Crippen molar-refractivity contribution in [1.82, 2.24) is 20.1 Å². The van der Waals surface area contributed by atoms with Crippen molar-refractivity contribution >= 4 is 35.0 Å². The zero-order valence-corrected chi connectivity index (χ0v) is 18.8. The van der Waals surface area contributed by atoms with Crippen LogP contribution in [-0.4, -0.2) is 45.5 Å². The Morgan fingerprint density at radius 2 is 2.03 bits per heavy atom. The van der Waals surface area contributed by atoms with Crippen LogP contribution < -0.4 is 21.7 Å². The Labute approximate surface area is 195 Å². The molecule has 1 amide bonds. The van der Waals surface area contributed by atoms with Crippen LogP contribution in [0.3, 0.4) is 0 Å². The molecule has 3 aromatic heterocycles. The molecule has 0 bridgehead atoms. The summed E-state index contributed by atoms with van der Waals surface area (Å²) >= 11 is 0. The van der Waals surface area contributed by atoms with E-state index in [1.807, 2.05) is 13.0 Å². The highest BCUT2D eigenvalue weighted by Gasteiger charge is 2.22. The number of aliphatic imine (C=N–C) groups is 1. The fourth-order valence-electron chi connectivity index (χ4n) is 4.31. The van der Waals surface area contributed by atoms with Gasteiger partial charge < -0.3 is 26.2 Å². The molecule has 0 spiro atoms. The molecule has 3 aromatic rings. The van der Waals surface area contributed by atoms with E-state index in [-0.39, 0.29) is 23.5 Å². The lowest BCUT2D eigenvalue weighted by Gasteiger charge is -2.27. The summed E-state index contributed by atoms with van der Waals surface area (Å²) in [6, 6.07) is 7.59. The molecule has 1 aliphatic carbocycles. The summed E-state index contributed by atoms with van der Waals surface area (Å²) in [4.78, 5) is 16.9. The predicted octanol–water partition coefficient (Wildman–Crippen LogP) is 3.44. The van der Waals surface area contributed by atoms with Gasteiger partial charge in [-0.1, -0.05) is 5.16 Å². The highest BCUT2D eigenvalue weighted by molar-refractivity contribution is 5.97. The molecule has 5 N–H and O–H groups in total. The Bertz CT molecular complexity index is 1270. The van der Waals surface area contributed by atoms with Crippen LogP contribution in [-0.2, 0) is 0 Å². The van der Waals surface area contributed by atoms with Crippen molar-refractivity contribution in [3.05, 3.63) is 47.2 Å². The summed E-state index contributed by atoms with van der Waals surface area (Å²) < 4.78 is 20.8. The highest BCUT2D eigenvalue weighted by atomic mass is 19.1. The van der Waals surface area contributed by atoms with Gasteiger partial charge in [0.05, 0.1) is 23.1 Å². The maximum atomic E-state index is 14.1. The third-order valence-corrected chi connectivity index (χ3v) is 6.12. The van der Waals surface area contributed by atoms with Crippen molar-refractivity contribution in [2.75, 3.05) is 17.2 Å². The fraction of sp³-hybridized carbons (Fsp3) is 0.391. The number of nitrogens with zero attached hydrogens (tertiary/aromatic N) is 4. The standard InChI is InChI=1S/C23H27FN8O2/c1-13-10-22(31-34-13)28-18-11-21(27-15-4-2-14(25)3-5-15)30-32-19(18)6-7-20(32)23(33)29-17-8-9-26-12-16(17)24/h6-7,10-12,14-15H,2-5,8-9,25H2,1H3,(H,27,30)(H,28,31)(H,29,33). The molecular weight excluding hydrogens is 439 g/mol. The lowest BCUT2D eigenvalue weighted by atomic mass is 9.92. The third-order valence-electron chi connectivity index (χ3n) is 6.12. The van der Waals surface area contributed by atoms with Gasteiger partial charge in [0.25, 0.3) is 5.91 Å². The molecule has 0 atom stereocenters. The van der Waals surface area contributed by atoms with E-state index < -0.39 is 11.7 Å². The normalized spacial score (nSPS) is 20.6. The Morgan fingerprint density at radius 1 is 1.21 bits per heavy atom. The average Bonchev–Trinajstić information content (AvgIpc) is 3.43. The minimum Gasteiger partial charge on any atom is -0.366 e. The number of allylic oxidation sites excluding steroid dienone is 1. The van der Waals surface area contributed by atoms with Gasteiger partial charge >= 0.3 is 0 Å². The van der Waals surface area contributed by atoms with Crippen molar-refractivity contribution in [3.63, 3.8) is 0 Å². The van der Waals surface area contributed by atoms with Crippen molar-refractivity contribution in [2.24, 2.45) is 10.7 Å². The van der Waals surface area contributed by atoms with Crippen molar-refractivity contribution in [1.29, 1.82) is 0 Å². The molecule has 5 rings (SSSR count). The summed E-state index contributed by atoms with van der Waals surface area (Å²) in [7, 11) is 0.